The summed E-state index contributed by atoms with van der Waals surface area (Å²) in [5, 5.41) is 9.82. The normalized spacial score (nSPS) is 25.0. The number of rotatable bonds is 3. The molecule has 0 amide bonds. The smallest absolute Gasteiger partial charge is 0.241 e. The summed E-state index contributed by atoms with van der Waals surface area (Å²) in [4.78, 5) is 0.294. The third-order valence-electron chi connectivity index (χ3n) is 3.42. The van der Waals surface area contributed by atoms with Crippen molar-refractivity contribution >= 4 is 10.0 Å². The number of aliphatic hydroxyl groups excluding tert-OH is 1. The minimum absolute atomic E-state index is 0.294. The van der Waals surface area contributed by atoms with Crippen LogP contribution in [0.5, 0.6) is 0 Å². The molecule has 0 heterocycles. The Kier molecular flexibility index (Phi) is 4.04. The van der Waals surface area contributed by atoms with Crippen molar-refractivity contribution in [2.75, 3.05) is 0 Å². The number of nitrogens with one attached hydrogen (secondary N) is 1. The molecule has 100 valence electrons. The molecule has 0 bridgehead atoms. The summed E-state index contributed by atoms with van der Waals surface area (Å²) >= 11 is 0. The molecular formula is C13H19NO3S. The Morgan fingerprint density at radius 1 is 1.22 bits per heavy atom. The van der Waals surface area contributed by atoms with E-state index in [1.54, 1.807) is 25.1 Å². The van der Waals surface area contributed by atoms with Crippen LogP contribution in [0, 0.1) is 6.92 Å². The Labute approximate surface area is 108 Å². The lowest BCUT2D eigenvalue weighted by Gasteiger charge is -2.28. The molecule has 1 fully saturated rings. The second-order valence-electron chi connectivity index (χ2n) is 4.85. The molecule has 2 atom stereocenters. The first-order valence-corrected chi connectivity index (χ1v) is 7.75. The standard InChI is InChI=1S/C13H19NO3S/c1-10-6-2-5-9-13(10)18(16,17)14-11-7-3-4-8-12(11)15/h2,5-6,9,11-12,14-15H,3-4,7-8H2,1H3/t11-,12-/m0/s1. The van der Waals surface area contributed by atoms with Crippen molar-refractivity contribution in [1.29, 1.82) is 0 Å². The zero-order chi connectivity index (χ0) is 13.2. The molecule has 0 saturated heterocycles. The number of hydrogen-bond donors (Lipinski definition) is 2. The molecule has 1 aromatic carbocycles. The van der Waals surface area contributed by atoms with E-state index in [1.165, 1.54) is 0 Å². The topological polar surface area (TPSA) is 66.4 Å². The quantitative estimate of drug-likeness (QED) is 0.875. The van der Waals surface area contributed by atoms with Crippen LogP contribution >= 0.6 is 0 Å². The number of benzene rings is 1. The van der Waals surface area contributed by atoms with Crippen LogP contribution < -0.4 is 4.72 Å². The van der Waals surface area contributed by atoms with E-state index in [1.807, 2.05) is 6.07 Å². The first-order chi connectivity index (χ1) is 8.50. The van der Waals surface area contributed by atoms with Gasteiger partial charge in [-0.25, -0.2) is 13.1 Å². The number of aryl methyl sites for hydroxylation is 1. The van der Waals surface area contributed by atoms with Gasteiger partial charge in [0.2, 0.25) is 10.0 Å². The van der Waals surface area contributed by atoms with Crippen molar-refractivity contribution in [2.45, 2.75) is 49.6 Å². The van der Waals surface area contributed by atoms with Crippen LogP contribution in [0.2, 0.25) is 0 Å². The molecule has 1 saturated carbocycles. The van der Waals surface area contributed by atoms with Crippen LogP contribution in [-0.2, 0) is 10.0 Å². The molecular weight excluding hydrogens is 250 g/mol. The number of aliphatic hydroxyl groups is 1. The van der Waals surface area contributed by atoms with Gasteiger partial charge in [0.1, 0.15) is 0 Å². The van der Waals surface area contributed by atoms with Crippen molar-refractivity contribution in [3.05, 3.63) is 29.8 Å². The maximum atomic E-state index is 12.2. The maximum absolute atomic E-state index is 12.2. The molecule has 1 aliphatic carbocycles. The molecule has 4 nitrogen and oxygen atoms in total. The highest BCUT2D eigenvalue weighted by Crippen LogP contribution is 2.21. The average molecular weight is 269 g/mol. The highest BCUT2D eigenvalue weighted by atomic mass is 32.2. The zero-order valence-electron chi connectivity index (χ0n) is 10.5. The van der Waals surface area contributed by atoms with E-state index in [4.69, 9.17) is 0 Å². The molecule has 0 spiro atoms. The summed E-state index contributed by atoms with van der Waals surface area (Å²) in [5.74, 6) is 0. The molecule has 2 N–H and O–H groups in total. The molecule has 0 aliphatic heterocycles. The average Bonchev–Trinajstić information content (AvgIpc) is 2.32. The van der Waals surface area contributed by atoms with Crippen LogP contribution in [0.1, 0.15) is 31.2 Å². The first kappa shape index (κ1) is 13.5. The van der Waals surface area contributed by atoms with Crippen molar-refractivity contribution in [3.63, 3.8) is 0 Å². The van der Waals surface area contributed by atoms with Gasteiger partial charge in [-0.1, -0.05) is 31.0 Å². The Balaban J connectivity index is 2.19. The van der Waals surface area contributed by atoms with Gasteiger partial charge in [-0.3, -0.25) is 0 Å². The summed E-state index contributed by atoms with van der Waals surface area (Å²) in [5.41, 5.74) is 0.718. The lowest BCUT2D eigenvalue weighted by atomic mass is 9.93. The predicted molar refractivity (Wildman–Crippen MR) is 69.8 cm³/mol. The monoisotopic (exact) mass is 269 g/mol. The largest absolute Gasteiger partial charge is 0.391 e. The Bertz CT molecular complexity index is 513. The fourth-order valence-electron chi connectivity index (χ4n) is 2.37. The minimum atomic E-state index is -3.53. The summed E-state index contributed by atoms with van der Waals surface area (Å²) in [6, 6.07) is 6.52. The van der Waals surface area contributed by atoms with Gasteiger partial charge in [-0.2, -0.15) is 0 Å². The Hall–Kier alpha value is -0.910. The highest BCUT2D eigenvalue weighted by molar-refractivity contribution is 7.89. The van der Waals surface area contributed by atoms with Gasteiger partial charge in [-0.05, 0) is 31.4 Å². The molecule has 1 aliphatic rings. The van der Waals surface area contributed by atoms with Crippen LogP contribution in [0.25, 0.3) is 0 Å². The Morgan fingerprint density at radius 2 is 1.89 bits per heavy atom. The summed E-state index contributed by atoms with van der Waals surface area (Å²) in [6.45, 7) is 1.77. The minimum Gasteiger partial charge on any atom is -0.391 e. The Morgan fingerprint density at radius 3 is 2.56 bits per heavy atom. The number of hydrogen-bond acceptors (Lipinski definition) is 3. The van der Waals surface area contributed by atoms with E-state index in [9.17, 15) is 13.5 Å². The van der Waals surface area contributed by atoms with E-state index < -0.39 is 16.1 Å². The molecule has 0 unspecified atom stereocenters. The van der Waals surface area contributed by atoms with Gasteiger partial charge in [0.25, 0.3) is 0 Å². The van der Waals surface area contributed by atoms with Crippen LogP contribution in [0.15, 0.2) is 29.2 Å². The van der Waals surface area contributed by atoms with Gasteiger partial charge >= 0.3 is 0 Å². The summed E-state index contributed by atoms with van der Waals surface area (Å²) in [6.07, 6.45) is 2.72. The van der Waals surface area contributed by atoms with Crippen LogP contribution in [-0.4, -0.2) is 25.7 Å². The van der Waals surface area contributed by atoms with E-state index >= 15 is 0 Å². The van der Waals surface area contributed by atoms with E-state index in [0.29, 0.717) is 17.7 Å². The summed E-state index contributed by atoms with van der Waals surface area (Å²) in [7, 11) is -3.53. The SMILES string of the molecule is Cc1ccccc1S(=O)(=O)N[C@H]1CCCC[C@@H]1O. The molecule has 18 heavy (non-hydrogen) atoms. The third-order valence-corrected chi connectivity index (χ3v) is 5.07. The fraction of sp³-hybridized carbons (Fsp3) is 0.538. The van der Waals surface area contributed by atoms with Crippen LogP contribution in [0.4, 0.5) is 0 Å². The second-order valence-corrected chi connectivity index (χ2v) is 6.53. The lowest BCUT2D eigenvalue weighted by Crippen LogP contribution is -2.45. The molecule has 0 aromatic heterocycles. The highest BCUT2D eigenvalue weighted by Gasteiger charge is 2.28. The lowest BCUT2D eigenvalue weighted by molar-refractivity contribution is 0.101. The molecule has 5 heteroatoms. The second kappa shape index (κ2) is 5.38. The number of sulfonamides is 1. The van der Waals surface area contributed by atoms with Gasteiger partial charge in [0.15, 0.2) is 0 Å². The van der Waals surface area contributed by atoms with Gasteiger partial charge in [-0.15, -0.1) is 0 Å². The van der Waals surface area contributed by atoms with Crippen molar-refractivity contribution < 1.29 is 13.5 Å². The third kappa shape index (κ3) is 2.91. The first-order valence-electron chi connectivity index (χ1n) is 6.27. The summed E-state index contributed by atoms with van der Waals surface area (Å²) < 4.78 is 27.1. The van der Waals surface area contributed by atoms with Gasteiger partial charge in [0, 0.05) is 6.04 Å². The maximum Gasteiger partial charge on any atom is 0.241 e. The fourth-order valence-corrected chi connectivity index (χ4v) is 3.92. The molecule has 2 rings (SSSR count). The van der Waals surface area contributed by atoms with E-state index in [2.05, 4.69) is 4.72 Å². The van der Waals surface area contributed by atoms with Gasteiger partial charge in [0.05, 0.1) is 11.0 Å². The van der Waals surface area contributed by atoms with E-state index in [-0.39, 0.29) is 6.04 Å². The van der Waals surface area contributed by atoms with Crippen molar-refractivity contribution in [3.8, 4) is 0 Å². The van der Waals surface area contributed by atoms with Crippen molar-refractivity contribution in [2.24, 2.45) is 0 Å². The van der Waals surface area contributed by atoms with E-state index in [0.717, 1.165) is 18.4 Å². The van der Waals surface area contributed by atoms with Crippen molar-refractivity contribution in [1.82, 2.24) is 4.72 Å². The molecule has 1 aromatic rings. The zero-order valence-corrected chi connectivity index (χ0v) is 11.3. The van der Waals surface area contributed by atoms with Gasteiger partial charge < -0.3 is 5.11 Å². The van der Waals surface area contributed by atoms with Crippen LogP contribution in [0.3, 0.4) is 0 Å². The predicted octanol–water partition coefficient (Wildman–Crippen LogP) is 1.58. The molecule has 0 radical (unpaired) electrons.